The summed E-state index contributed by atoms with van der Waals surface area (Å²) in [6.07, 6.45) is 3.16. The highest BCUT2D eigenvalue weighted by molar-refractivity contribution is 5.60. The molecule has 1 heterocycles. The van der Waals surface area contributed by atoms with Crippen LogP contribution in [0.25, 0.3) is 5.70 Å². The van der Waals surface area contributed by atoms with Crippen LogP contribution in [0.5, 0.6) is 5.75 Å². The van der Waals surface area contributed by atoms with E-state index in [0.717, 1.165) is 5.75 Å². The number of ether oxygens (including phenoxy) is 1. The lowest BCUT2D eigenvalue weighted by Gasteiger charge is -2.10. The molecule has 0 bridgehead atoms. The summed E-state index contributed by atoms with van der Waals surface area (Å²) in [6.45, 7) is 7.24. The molecule has 3 N–H and O–H groups in total. The summed E-state index contributed by atoms with van der Waals surface area (Å²) in [4.78, 5) is 4.20. The summed E-state index contributed by atoms with van der Waals surface area (Å²) in [6, 6.07) is 3.63. The fraction of sp³-hybridized carbons (Fsp3) is 0.273. The molecule has 5 nitrogen and oxygen atoms in total. The minimum absolute atomic E-state index is 0.130. The van der Waals surface area contributed by atoms with Crippen LogP contribution < -0.4 is 15.9 Å². The molecule has 1 aromatic heterocycles. The average molecular weight is 220 g/mol. The minimum atomic E-state index is 0.130. The van der Waals surface area contributed by atoms with Crippen molar-refractivity contribution in [3.8, 4) is 5.75 Å². The Kier molecular flexibility index (Phi) is 4.32. The normalized spacial score (nSPS) is 11.3. The van der Waals surface area contributed by atoms with Crippen molar-refractivity contribution in [2.75, 3.05) is 0 Å². The summed E-state index contributed by atoms with van der Waals surface area (Å²) in [5, 5.41) is 3.53. The van der Waals surface area contributed by atoms with Gasteiger partial charge in [0.05, 0.1) is 23.7 Å². The van der Waals surface area contributed by atoms with Crippen molar-refractivity contribution in [2.45, 2.75) is 20.0 Å². The van der Waals surface area contributed by atoms with Crippen LogP contribution in [0.15, 0.2) is 29.6 Å². The molecule has 5 heteroatoms. The number of nitrogens with two attached hydrogens (primary N) is 1. The van der Waals surface area contributed by atoms with Crippen LogP contribution in [0.3, 0.4) is 0 Å². The Morgan fingerprint density at radius 2 is 2.38 bits per heavy atom. The van der Waals surface area contributed by atoms with Crippen molar-refractivity contribution in [2.24, 2.45) is 10.8 Å². The Bertz CT molecular complexity index is 370. The first-order valence-corrected chi connectivity index (χ1v) is 4.94. The van der Waals surface area contributed by atoms with Crippen LogP contribution >= 0.6 is 0 Å². The summed E-state index contributed by atoms with van der Waals surface area (Å²) in [5.41, 5.74) is 9.37. The highest BCUT2D eigenvalue weighted by Gasteiger charge is 2.03. The number of hydrazone groups is 1. The number of rotatable bonds is 5. The molecule has 0 radical (unpaired) electrons. The summed E-state index contributed by atoms with van der Waals surface area (Å²) >= 11 is 0. The maximum absolute atomic E-state index is 5.47. The maximum atomic E-state index is 5.47. The average Bonchev–Trinajstić information content (AvgIpc) is 2.26. The van der Waals surface area contributed by atoms with Gasteiger partial charge in [0.1, 0.15) is 5.75 Å². The van der Waals surface area contributed by atoms with E-state index in [9.17, 15) is 0 Å². The molecular formula is C11H16N4O. The van der Waals surface area contributed by atoms with Gasteiger partial charge in [-0.05, 0) is 26.0 Å². The van der Waals surface area contributed by atoms with E-state index in [1.54, 1.807) is 12.3 Å². The molecule has 0 aliphatic carbocycles. The van der Waals surface area contributed by atoms with Gasteiger partial charge in [-0.25, -0.2) is 0 Å². The van der Waals surface area contributed by atoms with Crippen LogP contribution in [-0.2, 0) is 0 Å². The van der Waals surface area contributed by atoms with Gasteiger partial charge in [-0.15, -0.1) is 0 Å². The molecule has 0 spiro atoms. The van der Waals surface area contributed by atoms with Crippen LogP contribution in [0, 0.1) is 0 Å². The van der Waals surface area contributed by atoms with Gasteiger partial charge in [0, 0.05) is 12.9 Å². The minimum Gasteiger partial charge on any atom is -0.489 e. The summed E-state index contributed by atoms with van der Waals surface area (Å²) in [7, 11) is 0. The quantitative estimate of drug-likeness (QED) is 0.580. The van der Waals surface area contributed by atoms with Gasteiger partial charge in [0.15, 0.2) is 0 Å². The number of nitrogens with one attached hydrogen (secondary N) is 1. The third-order valence-corrected chi connectivity index (χ3v) is 1.75. The lowest BCUT2D eigenvalue weighted by atomic mass is 10.3. The summed E-state index contributed by atoms with van der Waals surface area (Å²) in [5.74, 6) is 0.724. The fourth-order valence-electron chi connectivity index (χ4n) is 1.15. The Morgan fingerprint density at radius 1 is 1.62 bits per heavy atom. The molecule has 0 atom stereocenters. The molecule has 0 fully saturated rings. The third-order valence-electron chi connectivity index (χ3n) is 1.75. The molecule has 1 rings (SSSR count). The number of aromatic nitrogens is 1. The zero-order valence-corrected chi connectivity index (χ0v) is 9.47. The molecule has 0 aromatic carbocycles. The Balaban J connectivity index is 2.81. The smallest absolute Gasteiger partial charge is 0.138 e. The van der Waals surface area contributed by atoms with Crippen LogP contribution in [0.2, 0.25) is 0 Å². The lowest BCUT2D eigenvalue weighted by molar-refractivity contribution is 0.241. The second-order valence-corrected chi connectivity index (χ2v) is 3.40. The molecule has 16 heavy (non-hydrogen) atoms. The first-order chi connectivity index (χ1) is 7.67. The zero-order chi connectivity index (χ0) is 12.0. The van der Waals surface area contributed by atoms with E-state index in [-0.39, 0.29) is 6.10 Å². The van der Waals surface area contributed by atoms with E-state index in [4.69, 9.17) is 10.5 Å². The fourth-order valence-corrected chi connectivity index (χ4v) is 1.15. The van der Waals surface area contributed by atoms with Crippen molar-refractivity contribution in [3.05, 3.63) is 30.2 Å². The van der Waals surface area contributed by atoms with E-state index in [1.807, 2.05) is 19.9 Å². The van der Waals surface area contributed by atoms with Gasteiger partial charge in [0.25, 0.3) is 0 Å². The number of hydrogen-bond acceptors (Lipinski definition) is 5. The molecule has 0 saturated heterocycles. The van der Waals surface area contributed by atoms with E-state index in [1.165, 1.54) is 6.20 Å². The van der Waals surface area contributed by atoms with E-state index in [0.29, 0.717) is 11.4 Å². The van der Waals surface area contributed by atoms with Gasteiger partial charge in [-0.1, -0.05) is 0 Å². The van der Waals surface area contributed by atoms with Gasteiger partial charge in [-0.2, -0.15) is 5.10 Å². The van der Waals surface area contributed by atoms with Crippen molar-refractivity contribution in [1.82, 2.24) is 10.4 Å². The first-order valence-electron chi connectivity index (χ1n) is 4.94. The van der Waals surface area contributed by atoms with E-state index in [2.05, 4.69) is 22.2 Å². The van der Waals surface area contributed by atoms with Crippen molar-refractivity contribution in [1.29, 1.82) is 0 Å². The van der Waals surface area contributed by atoms with Gasteiger partial charge in [-0.3, -0.25) is 10.4 Å². The molecule has 0 amide bonds. The highest BCUT2D eigenvalue weighted by atomic mass is 16.5. The Labute approximate surface area is 95.0 Å². The molecule has 0 saturated carbocycles. The standard InChI is InChI=1S/C11H16N4O/c1-8(2)16-9-4-5-10(14-7-9)11(6-12)15-13-3/h4-8,15H,3,12H2,1-2H3/b11-6-. The molecular weight excluding hydrogens is 204 g/mol. The maximum Gasteiger partial charge on any atom is 0.138 e. The van der Waals surface area contributed by atoms with Crippen molar-refractivity contribution < 1.29 is 4.74 Å². The zero-order valence-electron chi connectivity index (χ0n) is 9.47. The van der Waals surface area contributed by atoms with E-state index < -0.39 is 0 Å². The van der Waals surface area contributed by atoms with Crippen molar-refractivity contribution in [3.63, 3.8) is 0 Å². The van der Waals surface area contributed by atoms with Gasteiger partial charge >= 0.3 is 0 Å². The van der Waals surface area contributed by atoms with Crippen LogP contribution in [0.4, 0.5) is 0 Å². The number of nitrogens with zero attached hydrogens (tertiary/aromatic N) is 2. The summed E-state index contributed by atoms with van der Waals surface area (Å²) < 4.78 is 5.47. The Hall–Kier alpha value is -2.04. The largest absolute Gasteiger partial charge is 0.489 e. The first kappa shape index (κ1) is 12.0. The molecule has 0 unspecified atom stereocenters. The second-order valence-electron chi connectivity index (χ2n) is 3.40. The Morgan fingerprint density at radius 3 is 2.81 bits per heavy atom. The monoisotopic (exact) mass is 220 g/mol. The van der Waals surface area contributed by atoms with Gasteiger partial charge < -0.3 is 10.5 Å². The second kappa shape index (κ2) is 5.75. The predicted octanol–water partition coefficient (Wildman–Crippen LogP) is 1.33. The van der Waals surface area contributed by atoms with Crippen molar-refractivity contribution >= 4 is 12.4 Å². The predicted molar refractivity (Wildman–Crippen MR) is 64.9 cm³/mol. The molecule has 1 aromatic rings. The van der Waals surface area contributed by atoms with Crippen LogP contribution in [-0.4, -0.2) is 17.8 Å². The molecule has 0 aliphatic rings. The highest BCUT2D eigenvalue weighted by Crippen LogP contribution is 2.14. The third kappa shape index (κ3) is 3.27. The van der Waals surface area contributed by atoms with Gasteiger partial charge in [0.2, 0.25) is 0 Å². The van der Waals surface area contributed by atoms with Crippen LogP contribution in [0.1, 0.15) is 19.5 Å². The lowest BCUT2D eigenvalue weighted by Crippen LogP contribution is -2.09. The number of pyridine rings is 1. The number of hydrogen-bond donors (Lipinski definition) is 2. The molecule has 86 valence electrons. The SMILES string of the molecule is C=NN/C(=C\N)c1ccc(OC(C)C)cn1. The molecule has 0 aliphatic heterocycles. The topological polar surface area (TPSA) is 72.5 Å². The van der Waals surface area contributed by atoms with E-state index >= 15 is 0 Å².